The molecule has 0 saturated heterocycles. The second kappa shape index (κ2) is 5.96. The van der Waals surface area contributed by atoms with Crippen LogP contribution in [0.2, 0.25) is 0 Å². The van der Waals surface area contributed by atoms with Gasteiger partial charge in [-0.2, -0.15) is 5.10 Å². The van der Waals surface area contributed by atoms with E-state index in [4.69, 9.17) is 0 Å². The summed E-state index contributed by atoms with van der Waals surface area (Å²) in [6.07, 6.45) is 0. The van der Waals surface area contributed by atoms with Gasteiger partial charge in [0.15, 0.2) is 0 Å². The van der Waals surface area contributed by atoms with Gasteiger partial charge in [-0.1, -0.05) is 0 Å². The predicted octanol–water partition coefficient (Wildman–Crippen LogP) is 3.30. The molecule has 0 fully saturated rings. The summed E-state index contributed by atoms with van der Waals surface area (Å²) >= 11 is 1.73. The lowest BCUT2D eigenvalue weighted by Crippen LogP contribution is -2.05. The molecule has 0 aliphatic carbocycles. The zero-order chi connectivity index (χ0) is 15.7. The maximum atomic E-state index is 13.6. The Morgan fingerprint density at radius 3 is 2.67 bits per heavy atom. The average Bonchev–Trinajstić information content (AvgIpc) is 2.64. The summed E-state index contributed by atoms with van der Waals surface area (Å²) in [7, 11) is 1.83. The van der Waals surface area contributed by atoms with Gasteiger partial charge in [0, 0.05) is 37.0 Å². The van der Waals surface area contributed by atoms with Crippen molar-refractivity contribution in [3.05, 3.63) is 48.6 Å². The van der Waals surface area contributed by atoms with Crippen molar-refractivity contribution >= 4 is 34.0 Å². The van der Waals surface area contributed by atoms with Gasteiger partial charge in [-0.3, -0.25) is 14.8 Å². The minimum Gasteiger partial charge on any atom is -0.375 e. The van der Waals surface area contributed by atoms with E-state index in [1.165, 1.54) is 6.07 Å². The Kier molecular flexibility index (Phi) is 4.45. The van der Waals surface area contributed by atoms with E-state index in [1.54, 1.807) is 27.3 Å². The molecular weight excluding hydrogens is 390 g/mol. The first-order valence-corrected chi connectivity index (χ1v) is 7.25. The summed E-state index contributed by atoms with van der Waals surface area (Å²) < 4.78 is 15.6. The smallest absolute Gasteiger partial charge is 0.293 e. The highest BCUT2D eigenvalue weighted by Crippen LogP contribution is 2.29. The molecule has 0 bridgehead atoms. The van der Waals surface area contributed by atoms with Crippen molar-refractivity contribution in [3.63, 3.8) is 0 Å². The highest BCUT2D eigenvalue weighted by atomic mass is 127. The average molecular weight is 404 g/mol. The number of rotatable bonds is 4. The highest BCUT2D eigenvalue weighted by molar-refractivity contribution is 14.1. The van der Waals surface area contributed by atoms with Crippen LogP contribution in [0.1, 0.15) is 17.0 Å². The molecule has 112 valence electrons. The molecule has 0 radical (unpaired) electrons. The van der Waals surface area contributed by atoms with Crippen molar-refractivity contribution in [2.45, 2.75) is 20.4 Å². The number of aromatic nitrogens is 2. The molecule has 2 aromatic rings. The Bertz CT molecular complexity index is 715. The minimum absolute atomic E-state index is 0.139. The van der Waals surface area contributed by atoms with E-state index >= 15 is 0 Å². The number of nitrogens with one attached hydrogen (secondary N) is 1. The lowest BCUT2D eigenvalue weighted by Gasteiger charge is -2.08. The molecule has 0 spiro atoms. The Morgan fingerprint density at radius 1 is 1.48 bits per heavy atom. The molecule has 0 saturated carbocycles. The quantitative estimate of drug-likeness (QED) is 0.482. The van der Waals surface area contributed by atoms with Crippen LogP contribution >= 0.6 is 22.6 Å². The third-order valence-corrected chi connectivity index (χ3v) is 4.18. The van der Waals surface area contributed by atoms with E-state index in [9.17, 15) is 14.5 Å². The van der Waals surface area contributed by atoms with Crippen molar-refractivity contribution in [3.8, 4) is 0 Å². The zero-order valence-electron chi connectivity index (χ0n) is 11.8. The van der Waals surface area contributed by atoms with Crippen molar-refractivity contribution in [2.24, 2.45) is 7.05 Å². The first-order valence-electron chi connectivity index (χ1n) is 6.17. The van der Waals surface area contributed by atoms with Gasteiger partial charge in [-0.25, -0.2) is 4.39 Å². The van der Waals surface area contributed by atoms with E-state index in [0.717, 1.165) is 23.0 Å². The van der Waals surface area contributed by atoms with Crippen LogP contribution in [-0.2, 0) is 13.6 Å². The van der Waals surface area contributed by atoms with E-state index in [-0.39, 0.29) is 14.9 Å². The van der Waals surface area contributed by atoms with Crippen LogP contribution in [-0.4, -0.2) is 14.7 Å². The number of nitro benzene ring substituents is 1. The lowest BCUT2D eigenvalue weighted by molar-refractivity contribution is -0.384. The van der Waals surface area contributed by atoms with Gasteiger partial charge in [0.2, 0.25) is 0 Å². The molecule has 0 unspecified atom stereocenters. The SMILES string of the molecule is Cc1nn(C)c(C)c1CNc1cc(F)c(I)cc1[N+](=O)[O-]. The molecule has 8 heteroatoms. The van der Waals surface area contributed by atoms with Crippen LogP contribution in [0.15, 0.2) is 12.1 Å². The molecule has 0 amide bonds. The fourth-order valence-electron chi connectivity index (χ4n) is 2.09. The molecule has 1 aromatic heterocycles. The van der Waals surface area contributed by atoms with Gasteiger partial charge in [-0.05, 0) is 36.4 Å². The van der Waals surface area contributed by atoms with Crippen LogP contribution in [0, 0.1) is 33.3 Å². The fourth-order valence-corrected chi connectivity index (χ4v) is 2.54. The molecular formula is C13H14FIN4O2. The third-order valence-electron chi connectivity index (χ3n) is 3.35. The van der Waals surface area contributed by atoms with Crippen molar-refractivity contribution in [2.75, 3.05) is 5.32 Å². The number of hydrogen-bond acceptors (Lipinski definition) is 4. The topological polar surface area (TPSA) is 73.0 Å². The normalized spacial score (nSPS) is 10.7. The standard InChI is InChI=1S/C13H14FIN4O2/c1-7-9(8(2)18(3)17-7)6-16-12-4-10(14)11(15)5-13(12)19(20)21/h4-5,16H,6H2,1-3H3. The summed E-state index contributed by atoms with van der Waals surface area (Å²) in [5, 5.41) is 18.3. The largest absolute Gasteiger partial charge is 0.375 e. The number of nitrogens with zero attached hydrogens (tertiary/aromatic N) is 3. The number of hydrogen-bond donors (Lipinski definition) is 1. The molecule has 6 nitrogen and oxygen atoms in total. The molecule has 0 aliphatic rings. The highest BCUT2D eigenvalue weighted by Gasteiger charge is 2.18. The van der Waals surface area contributed by atoms with E-state index < -0.39 is 10.7 Å². The monoisotopic (exact) mass is 404 g/mol. The molecule has 0 aliphatic heterocycles. The summed E-state index contributed by atoms with van der Waals surface area (Å²) in [5.41, 5.74) is 2.79. The fraction of sp³-hybridized carbons (Fsp3) is 0.308. The van der Waals surface area contributed by atoms with Crippen LogP contribution in [0.25, 0.3) is 0 Å². The number of benzene rings is 1. The van der Waals surface area contributed by atoms with E-state index in [1.807, 2.05) is 20.9 Å². The first-order chi connectivity index (χ1) is 9.81. The Labute approximate surface area is 134 Å². The van der Waals surface area contributed by atoms with Crippen LogP contribution in [0.5, 0.6) is 0 Å². The summed E-state index contributed by atoms with van der Waals surface area (Å²) in [4.78, 5) is 10.5. The van der Waals surface area contributed by atoms with Gasteiger partial charge in [-0.15, -0.1) is 0 Å². The van der Waals surface area contributed by atoms with Gasteiger partial charge in [0.05, 0.1) is 14.2 Å². The summed E-state index contributed by atoms with van der Waals surface area (Å²) in [6, 6.07) is 2.38. The zero-order valence-corrected chi connectivity index (χ0v) is 13.9. The van der Waals surface area contributed by atoms with Gasteiger partial charge < -0.3 is 5.32 Å². The van der Waals surface area contributed by atoms with Crippen LogP contribution < -0.4 is 5.32 Å². The molecule has 1 N–H and O–H groups in total. The molecule has 1 heterocycles. The van der Waals surface area contributed by atoms with Gasteiger partial charge in [0.1, 0.15) is 11.5 Å². The van der Waals surface area contributed by atoms with Crippen molar-refractivity contribution in [1.82, 2.24) is 9.78 Å². The van der Waals surface area contributed by atoms with E-state index in [0.29, 0.717) is 6.54 Å². The molecule has 21 heavy (non-hydrogen) atoms. The van der Waals surface area contributed by atoms with Gasteiger partial charge in [0.25, 0.3) is 5.69 Å². The number of anilines is 1. The molecule has 2 rings (SSSR count). The first kappa shape index (κ1) is 15.7. The Balaban J connectivity index is 2.31. The predicted molar refractivity (Wildman–Crippen MR) is 85.8 cm³/mol. The third kappa shape index (κ3) is 3.14. The van der Waals surface area contributed by atoms with Crippen molar-refractivity contribution < 1.29 is 9.31 Å². The number of halogens is 2. The van der Waals surface area contributed by atoms with E-state index in [2.05, 4.69) is 10.4 Å². The number of nitro groups is 1. The van der Waals surface area contributed by atoms with Crippen LogP contribution in [0.4, 0.5) is 15.8 Å². The Hall–Kier alpha value is -1.71. The minimum atomic E-state index is -0.521. The molecule has 1 aromatic carbocycles. The Morgan fingerprint density at radius 2 is 2.14 bits per heavy atom. The maximum Gasteiger partial charge on any atom is 0.293 e. The number of aryl methyl sites for hydroxylation is 2. The van der Waals surface area contributed by atoms with Crippen LogP contribution in [0.3, 0.4) is 0 Å². The summed E-state index contributed by atoms with van der Waals surface area (Å²) in [5.74, 6) is -0.483. The second-order valence-electron chi connectivity index (χ2n) is 4.67. The lowest BCUT2D eigenvalue weighted by atomic mass is 10.2. The van der Waals surface area contributed by atoms with Gasteiger partial charge >= 0.3 is 0 Å². The summed E-state index contributed by atoms with van der Waals surface area (Å²) in [6.45, 7) is 4.14. The maximum absolute atomic E-state index is 13.6. The van der Waals surface area contributed by atoms with Crippen molar-refractivity contribution in [1.29, 1.82) is 0 Å². The molecule has 0 atom stereocenters. The second-order valence-corrected chi connectivity index (χ2v) is 5.83.